The standard InChI is InChI=1S/C17H18F3N5O2/c18-17(19,20)14-7-9-23-25(14)12-5-3-11(4-6-12)24-15(26)10-22-16(27)13-2-1-8-21-13/h3-7,9,13,21H,1-2,8,10H2,(H,22,27)(H,24,26). The molecule has 0 aliphatic carbocycles. The van der Waals surface area contributed by atoms with Crippen molar-refractivity contribution in [2.75, 3.05) is 18.4 Å². The van der Waals surface area contributed by atoms with Crippen molar-refractivity contribution in [2.45, 2.75) is 25.1 Å². The molecule has 1 aromatic heterocycles. The average molecular weight is 381 g/mol. The lowest BCUT2D eigenvalue weighted by molar-refractivity contribution is -0.142. The molecule has 3 N–H and O–H groups in total. The van der Waals surface area contributed by atoms with Crippen LogP contribution in [0.5, 0.6) is 0 Å². The minimum atomic E-state index is -4.52. The van der Waals surface area contributed by atoms with Crippen molar-refractivity contribution in [3.05, 3.63) is 42.2 Å². The lowest BCUT2D eigenvalue weighted by atomic mass is 10.2. The number of nitrogens with zero attached hydrogens (tertiary/aromatic N) is 2. The molecule has 27 heavy (non-hydrogen) atoms. The summed E-state index contributed by atoms with van der Waals surface area (Å²) in [6.45, 7) is 0.596. The summed E-state index contributed by atoms with van der Waals surface area (Å²) in [5, 5.41) is 11.8. The number of hydrogen-bond acceptors (Lipinski definition) is 4. The summed E-state index contributed by atoms with van der Waals surface area (Å²) in [7, 11) is 0. The van der Waals surface area contributed by atoms with E-state index in [4.69, 9.17) is 0 Å². The number of alkyl halides is 3. The van der Waals surface area contributed by atoms with Gasteiger partial charge in [-0.3, -0.25) is 9.59 Å². The van der Waals surface area contributed by atoms with Crippen LogP contribution in [0, 0.1) is 0 Å². The number of aromatic nitrogens is 2. The third-order valence-electron chi connectivity index (χ3n) is 4.13. The molecule has 10 heteroatoms. The maximum atomic E-state index is 12.9. The van der Waals surface area contributed by atoms with Gasteiger partial charge in [0.05, 0.1) is 24.5 Å². The lowest BCUT2D eigenvalue weighted by Gasteiger charge is -2.12. The number of carbonyl (C=O) groups is 2. The first-order valence-corrected chi connectivity index (χ1v) is 8.37. The van der Waals surface area contributed by atoms with Crippen molar-refractivity contribution in [1.82, 2.24) is 20.4 Å². The Hall–Kier alpha value is -2.88. The summed E-state index contributed by atoms with van der Waals surface area (Å²) < 4.78 is 39.5. The van der Waals surface area contributed by atoms with Crippen LogP contribution < -0.4 is 16.0 Å². The molecule has 1 aliphatic rings. The highest BCUT2D eigenvalue weighted by molar-refractivity contribution is 5.95. The van der Waals surface area contributed by atoms with Gasteiger partial charge in [-0.25, -0.2) is 4.68 Å². The summed E-state index contributed by atoms with van der Waals surface area (Å²) in [5.41, 5.74) is -0.272. The Morgan fingerprint density at radius 2 is 1.96 bits per heavy atom. The predicted octanol–water partition coefficient (Wildman–Crippen LogP) is 1.70. The quantitative estimate of drug-likeness (QED) is 0.736. The van der Waals surface area contributed by atoms with Gasteiger partial charge in [-0.05, 0) is 49.7 Å². The molecule has 0 radical (unpaired) electrons. The van der Waals surface area contributed by atoms with Crippen LogP contribution in [0.1, 0.15) is 18.5 Å². The Bertz CT molecular complexity index is 811. The molecule has 1 saturated heterocycles. The molecule has 2 amide bonds. The van der Waals surface area contributed by atoms with Crippen LogP contribution in [0.4, 0.5) is 18.9 Å². The molecule has 144 valence electrons. The third kappa shape index (κ3) is 4.64. The van der Waals surface area contributed by atoms with Crippen LogP contribution in [-0.4, -0.2) is 40.7 Å². The first-order valence-electron chi connectivity index (χ1n) is 8.37. The lowest BCUT2D eigenvalue weighted by Crippen LogP contribution is -2.43. The molecule has 1 aliphatic heterocycles. The van der Waals surface area contributed by atoms with Gasteiger partial charge in [-0.1, -0.05) is 0 Å². The smallest absolute Gasteiger partial charge is 0.346 e. The second-order valence-corrected chi connectivity index (χ2v) is 6.09. The van der Waals surface area contributed by atoms with Crippen LogP contribution in [0.25, 0.3) is 5.69 Å². The van der Waals surface area contributed by atoms with Gasteiger partial charge in [-0.15, -0.1) is 0 Å². The Balaban J connectivity index is 1.57. The molecule has 7 nitrogen and oxygen atoms in total. The van der Waals surface area contributed by atoms with Gasteiger partial charge in [0.1, 0.15) is 5.69 Å². The molecular weight excluding hydrogens is 363 g/mol. The minimum Gasteiger partial charge on any atom is -0.346 e. The Morgan fingerprint density at radius 1 is 1.22 bits per heavy atom. The van der Waals surface area contributed by atoms with Gasteiger partial charge in [0, 0.05) is 5.69 Å². The van der Waals surface area contributed by atoms with Gasteiger partial charge >= 0.3 is 6.18 Å². The van der Waals surface area contributed by atoms with Crippen molar-refractivity contribution >= 4 is 17.5 Å². The van der Waals surface area contributed by atoms with E-state index < -0.39 is 17.8 Å². The number of amides is 2. The van der Waals surface area contributed by atoms with Crippen LogP contribution in [0.15, 0.2) is 36.5 Å². The molecule has 1 fully saturated rings. The van der Waals surface area contributed by atoms with Crippen molar-refractivity contribution in [1.29, 1.82) is 0 Å². The molecule has 1 unspecified atom stereocenters. The topological polar surface area (TPSA) is 88.0 Å². The molecule has 0 saturated carbocycles. The van der Waals surface area contributed by atoms with E-state index in [2.05, 4.69) is 21.0 Å². The summed E-state index contributed by atoms with van der Waals surface area (Å²) >= 11 is 0. The monoisotopic (exact) mass is 381 g/mol. The van der Waals surface area contributed by atoms with Crippen molar-refractivity contribution in [3.63, 3.8) is 0 Å². The number of benzene rings is 1. The van der Waals surface area contributed by atoms with E-state index in [1.54, 1.807) is 0 Å². The Labute approximate surface area is 152 Å². The molecule has 1 atom stereocenters. The largest absolute Gasteiger partial charge is 0.433 e. The summed E-state index contributed by atoms with van der Waals surface area (Å²) in [6, 6.07) is 6.38. The van der Waals surface area contributed by atoms with E-state index >= 15 is 0 Å². The summed E-state index contributed by atoms with van der Waals surface area (Å²) in [5.74, 6) is -0.652. The Kier molecular flexibility index (Phi) is 5.45. The summed E-state index contributed by atoms with van der Waals surface area (Å²) in [6.07, 6.45) is -1.79. The molecule has 1 aromatic carbocycles. The number of halogens is 3. The number of rotatable bonds is 5. The maximum Gasteiger partial charge on any atom is 0.433 e. The van der Waals surface area contributed by atoms with E-state index in [0.29, 0.717) is 5.69 Å². The predicted molar refractivity (Wildman–Crippen MR) is 91.2 cm³/mol. The van der Waals surface area contributed by atoms with Gasteiger partial charge in [0.2, 0.25) is 11.8 Å². The van der Waals surface area contributed by atoms with Crippen LogP contribution in [0.2, 0.25) is 0 Å². The van der Waals surface area contributed by atoms with Gasteiger partial charge in [0.25, 0.3) is 0 Å². The highest BCUT2D eigenvalue weighted by atomic mass is 19.4. The zero-order valence-corrected chi connectivity index (χ0v) is 14.2. The first-order chi connectivity index (χ1) is 12.8. The highest BCUT2D eigenvalue weighted by Crippen LogP contribution is 2.30. The minimum absolute atomic E-state index is 0.184. The van der Waals surface area contributed by atoms with E-state index in [1.165, 1.54) is 24.3 Å². The van der Waals surface area contributed by atoms with E-state index in [1.807, 2.05) is 0 Å². The fourth-order valence-electron chi connectivity index (χ4n) is 2.81. The first kappa shape index (κ1) is 18.9. The molecular formula is C17H18F3N5O2. The third-order valence-corrected chi connectivity index (χ3v) is 4.13. The fourth-order valence-corrected chi connectivity index (χ4v) is 2.81. The van der Waals surface area contributed by atoms with Crippen molar-refractivity contribution in [3.8, 4) is 5.69 Å². The van der Waals surface area contributed by atoms with E-state index in [0.717, 1.165) is 36.3 Å². The fraction of sp³-hybridized carbons (Fsp3) is 0.353. The van der Waals surface area contributed by atoms with Crippen LogP contribution >= 0.6 is 0 Å². The highest BCUT2D eigenvalue weighted by Gasteiger charge is 2.35. The van der Waals surface area contributed by atoms with E-state index in [-0.39, 0.29) is 24.2 Å². The number of hydrogen-bond donors (Lipinski definition) is 3. The number of anilines is 1. The zero-order valence-electron chi connectivity index (χ0n) is 14.2. The maximum absolute atomic E-state index is 12.9. The van der Waals surface area contributed by atoms with Crippen molar-refractivity contribution in [2.24, 2.45) is 0 Å². The molecule has 0 spiro atoms. The molecule has 2 heterocycles. The normalized spacial score (nSPS) is 16.9. The SMILES string of the molecule is O=C(CNC(=O)C1CCCN1)Nc1ccc(-n2nccc2C(F)(F)F)cc1. The molecule has 2 aromatic rings. The Morgan fingerprint density at radius 3 is 2.59 bits per heavy atom. The molecule has 3 rings (SSSR count). The van der Waals surface area contributed by atoms with Crippen molar-refractivity contribution < 1.29 is 22.8 Å². The van der Waals surface area contributed by atoms with E-state index in [9.17, 15) is 22.8 Å². The second kappa shape index (κ2) is 7.78. The van der Waals surface area contributed by atoms with Gasteiger partial charge < -0.3 is 16.0 Å². The average Bonchev–Trinajstić information content (AvgIpc) is 3.31. The van der Waals surface area contributed by atoms with Crippen LogP contribution in [0.3, 0.4) is 0 Å². The second-order valence-electron chi connectivity index (χ2n) is 6.09. The van der Waals surface area contributed by atoms with Gasteiger partial charge in [0.15, 0.2) is 0 Å². The number of carbonyl (C=O) groups excluding carboxylic acids is 2. The van der Waals surface area contributed by atoms with Gasteiger partial charge in [-0.2, -0.15) is 18.3 Å². The number of nitrogens with one attached hydrogen (secondary N) is 3. The molecule has 0 bridgehead atoms. The summed E-state index contributed by atoms with van der Waals surface area (Å²) in [4.78, 5) is 23.8. The van der Waals surface area contributed by atoms with Crippen LogP contribution in [-0.2, 0) is 15.8 Å². The zero-order chi connectivity index (χ0) is 19.4.